The lowest BCUT2D eigenvalue weighted by atomic mass is 10.0. The van der Waals surface area contributed by atoms with Crippen molar-refractivity contribution in [2.24, 2.45) is 5.84 Å². The van der Waals surface area contributed by atoms with Crippen molar-refractivity contribution >= 4 is 11.0 Å². The van der Waals surface area contributed by atoms with Crippen molar-refractivity contribution in [3.63, 3.8) is 0 Å². The van der Waals surface area contributed by atoms with Gasteiger partial charge in [-0.1, -0.05) is 24.3 Å². The molecule has 4 nitrogen and oxygen atoms in total. The van der Waals surface area contributed by atoms with Crippen LogP contribution in [0.25, 0.3) is 11.0 Å². The van der Waals surface area contributed by atoms with Gasteiger partial charge in [0.1, 0.15) is 29.0 Å². The molecule has 0 saturated heterocycles. The zero-order chi connectivity index (χ0) is 14.8. The summed E-state index contributed by atoms with van der Waals surface area (Å²) in [5.74, 6) is 6.16. The van der Waals surface area contributed by atoms with E-state index in [1.165, 1.54) is 13.2 Å². The first-order chi connectivity index (χ1) is 10.2. The van der Waals surface area contributed by atoms with E-state index in [0.29, 0.717) is 17.1 Å². The molecule has 0 fully saturated rings. The average Bonchev–Trinajstić information content (AvgIpc) is 2.93. The summed E-state index contributed by atoms with van der Waals surface area (Å²) in [5, 5.41) is 0.933. The Bertz CT molecular complexity index is 737. The van der Waals surface area contributed by atoms with Crippen LogP contribution >= 0.6 is 0 Å². The highest BCUT2D eigenvalue weighted by molar-refractivity contribution is 5.78. The number of ether oxygens (including phenoxy) is 1. The molecule has 21 heavy (non-hydrogen) atoms. The number of hydrogen-bond donors (Lipinski definition) is 2. The molecule has 3 aromatic rings. The minimum Gasteiger partial charge on any atom is -0.496 e. The summed E-state index contributed by atoms with van der Waals surface area (Å²) in [4.78, 5) is 0. The largest absolute Gasteiger partial charge is 0.496 e. The third-order valence-corrected chi connectivity index (χ3v) is 3.42. The van der Waals surface area contributed by atoms with E-state index in [1.807, 2.05) is 30.3 Å². The van der Waals surface area contributed by atoms with E-state index in [-0.39, 0.29) is 0 Å². The Labute approximate surface area is 121 Å². The van der Waals surface area contributed by atoms with Crippen LogP contribution in [0.4, 0.5) is 4.39 Å². The van der Waals surface area contributed by atoms with E-state index in [2.05, 4.69) is 5.43 Å². The Kier molecular flexibility index (Phi) is 3.60. The molecule has 0 aliphatic rings. The summed E-state index contributed by atoms with van der Waals surface area (Å²) in [7, 11) is 1.49. The Hall–Kier alpha value is -2.37. The number of hydrazine groups is 1. The molecule has 1 unspecified atom stereocenters. The second-order valence-corrected chi connectivity index (χ2v) is 4.64. The summed E-state index contributed by atoms with van der Waals surface area (Å²) < 4.78 is 25.2. The Balaban J connectivity index is 2.14. The topological polar surface area (TPSA) is 60.4 Å². The van der Waals surface area contributed by atoms with Gasteiger partial charge < -0.3 is 9.15 Å². The maximum absolute atomic E-state index is 14.2. The van der Waals surface area contributed by atoms with Gasteiger partial charge in [0.05, 0.1) is 12.7 Å². The third-order valence-electron chi connectivity index (χ3n) is 3.42. The van der Waals surface area contributed by atoms with Gasteiger partial charge in [-0.3, -0.25) is 5.84 Å². The second-order valence-electron chi connectivity index (χ2n) is 4.64. The number of halogens is 1. The second kappa shape index (κ2) is 5.55. The van der Waals surface area contributed by atoms with E-state index in [1.54, 1.807) is 12.1 Å². The van der Waals surface area contributed by atoms with Crippen molar-refractivity contribution < 1.29 is 13.5 Å². The molecule has 3 N–H and O–H groups in total. The summed E-state index contributed by atoms with van der Waals surface area (Å²) in [5.41, 5.74) is 3.64. The fourth-order valence-electron chi connectivity index (χ4n) is 2.43. The predicted octanol–water partition coefficient (Wildman–Crippen LogP) is 3.13. The van der Waals surface area contributed by atoms with Crippen molar-refractivity contribution in [1.82, 2.24) is 5.43 Å². The van der Waals surface area contributed by atoms with Crippen molar-refractivity contribution in [3.8, 4) is 5.75 Å². The van der Waals surface area contributed by atoms with E-state index in [9.17, 15) is 4.39 Å². The zero-order valence-electron chi connectivity index (χ0n) is 11.5. The minimum absolute atomic E-state index is 0.321. The van der Waals surface area contributed by atoms with Crippen LogP contribution in [0.2, 0.25) is 0 Å². The van der Waals surface area contributed by atoms with Gasteiger partial charge in [-0.25, -0.2) is 9.82 Å². The van der Waals surface area contributed by atoms with Crippen molar-refractivity contribution in [3.05, 3.63) is 65.7 Å². The molecular weight excluding hydrogens is 271 g/mol. The molecule has 3 rings (SSSR count). The van der Waals surface area contributed by atoms with E-state index in [4.69, 9.17) is 15.0 Å². The fourth-order valence-corrected chi connectivity index (χ4v) is 2.43. The zero-order valence-corrected chi connectivity index (χ0v) is 11.5. The predicted molar refractivity (Wildman–Crippen MR) is 78.3 cm³/mol. The summed E-state index contributed by atoms with van der Waals surface area (Å²) in [6.45, 7) is 0. The molecule has 0 aliphatic carbocycles. The smallest absolute Gasteiger partial charge is 0.134 e. The maximum atomic E-state index is 14.2. The highest BCUT2D eigenvalue weighted by Gasteiger charge is 2.24. The molecule has 1 atom stereocenters. The van der Waals surface area contributed by atoms with Crippen LogP contribution in [0.5, 0.6) is 5.75 Å². The Morgan fingerprint density at radius 3 is 2.71 bits per heavy atom. The highest BCUT2D eigenvalue weighted by Crippen LogP contribution is 2.34. The number of furan rings is 1. The van der Waals surface area contributed by atoms with Crippen LogP contribution in [0, 0.1) is 5.82 Å². The van der Waals surface area contributed by atoms with Gasteiger partial charge in [-0.05, 0) is 24.3 Å². The fraction of sp³-hybridized carbons (Fsp3) is 0.125. The highest BCUT2D eigenvalue weighted by atomic mass is 19.1. The molecule has 1 heterocycles. The number of nitrogens with two attached hydrogens (primary N) is 1. The van der Waals surface area contributed by atoms with Gasteiger partial charge in [0, 0.05) is 5.39 Å². The Morgan fingerprint density at radius 2 is 2.00 bits per heavy atom. The number of para-hydroxylation sites is 1. The normalized spacial score (nSPS) is 12.5. The van der Waals surface area contributed by atoms with Crippen molar-refractivity contribution in [2.75, 3.05) is 7.11 Å². The number of benzene rings is 2. The first kappa shape index (κ1) is 13.6. The van der Waals surface area contributed by atoms with E-state index in [0.717, 1.165) is 11.0 Å². The molecule has 0 aliphatic heterocycles. The summed E-state index contributed by atoms with van der Waals surface area (Å²) in [6.07, 6.45) is 0. The number of rotatable bonds is 4. The van der Waals surface area contributed by atoms with Crippen LogP contribution in [0.15, 0.2) is 52.9 Å². The van der Waals surface area contributed by atoms with E-state index < -0.39 is 11.9 Å². The molecule has 0 radical (unpaired) electrons. The number of nitrogens with one attached hydrogen (secondary N) is 1. The number of fused-ring (bicyclic) bond motifs is 1. The molecule has 1 aromatic heterocycles. The van der Waals surface area contributed by atoms with Gasteiger partial charge in [-0.15, -0.1) is 0 Å². The molecule has 108 valence electrons. The Morgan fingerprint density at radius 1 is 1.19 bits per heavy atom. The molecule has 5 heteroatoms. The van der Waals surface area contributed by atoms with Crippen LogP contribution in [-0.2, 0) is 0 Å². The first-order valence-corrected chi connectivity index (χ1v) is 6.51. The molecular formula is C16H15FN2O2. The molecule has 0 bridgehead atoms. The van der Waals surface area contributed by atoms with Crippen LogP contribution in [-0.4, -0.2) is 7.11 Å². The lowest BCUT2D eigenvalue weighted by Gasteiger charge is -2.17. The molecule has 0 saturated carbocycles. The lowest BCUT2D eigenvalue weighted by molar-refractivity contribution is 0.388. The molecule has 0 spiro atoms. The minimum atomic E-state index is -0.631. The lowest BCUT2D eigenvalue weighted by Crippen LogP contribution is -2.29. The molecule has 2 aromatic carbocycles. The van der Waals surface area contributed by atoms with Gasteiger partial charge in [-0.2, -0.15) is 0 Å². The quantitative estimate of drug-likeness (QED) is 0.571. The monoisotopic (exact) mass is 286 g/mol. The summed E-state index contributed by atoms with van der Waals surface area (Å²) >= 11 is 0. The average molecular weight is 286 g/mol. The van der Waals surface area contributed by atoms with Crippen molar-refractivity contribution in [2.45, 2.75) is 6.04 Å². The summed E-state index contributed by atoms with van der Waals surface area (Å²) in [6, 6.07) is 13.4. The van der Waals surface area contributed by atoms with Gasteiger partial charge >= 0.3 is 0 Å². The van der Waals surface area contributed by atoms with Gasteiger partial charge in [0.25, 0.3) is 0 Å². The first-order valence-electron chi connectivity index (χ1n) is 6.51. The van der Waals surface area contributed by atoms with Crippen LogP contribution in [0.3, 0.4) is 0 Å². The molecule has 0 amide bonds. The van der Waals surface area contributed by atoms with Gasteiger partial charge in [0.15, 0.2) is 0 Å². The van der Waals surface area contributed by atoms with Gasteiger partial charge in [0.2, 0.25) is 0 Å². The van der Waals surface area contributed by atoms with Crippen molar-refractivity contribution in [1.29, 1.82) is 0 Å². The van der Waals surface area contributed by atoms with Crippen LogP contribution in [0.1, 0.15) is 17.4 Å². The van der Waals surface area contributed by atoms with Crippen LogP contribution < -0.4 is 16.0 Å². The third kappa shape index (κ3) is 2.37. The number of hydrogen-bond acceptors (Lipinski definition) is 4. The SMILES string of the molecule is COc1cccc(F)c1C(NN)c1cc2ccccc2o1. The maximum Gasteiger partial charge on any atom is 0.134 e. The standard InChI is InChI=1S/C16H15FN2O2/c1-20-13-8-4-6-11(17)15(13)16(19-18)14-9-10-5-2-3-7-12(10)21-14/h2-9,16,19H,18H2,1H3. The number of methoxy groups -OCH3 is 1. The van der Waals surface area contributed by atoms with E-state index >= 15 is 0 Å².